The van der Waals surface area contributed by atoms with Gasteiger partial charge >= 0.3 is 23.9 Å². The van der Waals surface area contributed by atoms with Gasteiger partial charge in [-0.1, -0.05) is 20.6 Å². The zero-order valence-corrected chi connectivity index (χ0v) is 21.5. The summed E-state index contributed by atoms with van der Waals surface area (Å²) in [6, 6.07) is 0. The number of unbranched alkanes of at least 4 members (excludes halogenated alkanes) is 6. The van der Waals surface area contributed by atoms with E-state index in [1.54, 1.807) is 0 Å². The van der Waals surface area contributed by atoms with Gasteiger partial charge in [-0.25, -0.2) is 9.59 Å². The largest absolute Gasteiger partial charge is 0.466 e. The van der Waals surface area contributed by atoms with E-state index in [1.165, 1.54) is 0 Å². The molecule has 0 rings (SSSR count). The van der Waals surface area contributed by atoms with Gasteiger partial charge in [0.15, 0.2) is 0 Å². The van der Waals surface area contributed by atoms with Crippen molar-refractivity contribution < 1.29 is 43.2 Å². The molecule has 0 heterocycles. The first-order valence-corrected chi connectivity index (χ1v) is 12.7. The third-order valence-electron chi connectivity index (χ3n) is 5.11. The summed E-state index contributed by atoms with van der Waals surface area (Å²) in [6.07, 6.45) is 9.05. The number of aliphatic hydroxyl groups is 1. The summed E-state index contributed by atoms with van der Waals surface area (Å²) >= 11 is 0. The average molecular weight is 530 g/mol. The minimum absolute atomic E-state index is 0. The summed E-state index contributed by atoms with van der Waals surface area (Å²) < 4.78 is 20.2. The van der Waals surface area contributed by atoms with Gasteiger partial charge < -0.3 is 24.1 Å². The number of carbonyl (C=O) groups excluding carboxylic acids is 4. The summed E-state index contributed by atoms with van der Waals surface area (Å²) in [6.45, 7) is 9.08. The zero-order valence-electron chi connectivity index (χ0n) is 21.5. The van der Waals surface area contributed by atoms with E-state index in [2.05, 4.69) is 13.2 Å². The van der Waals surface area contributed by atoms with Crippen LogP contribution in [0.25, 0.3) is 0 Å². The maximum atomic E-state index is 12.0. The van der Waals surface area contributed by atoms with Crippen molar-refractivity contribution in [3.05, 3.63) is 25.3 Å². The molecule has 0 aromatic carbocycles. The molecule has 0 aromatic rings. The summed E-state index contributed by atoms with van der Waals surface area (Å²) in [5, 5.41) is 9.24. The quantitative estimate of drug-likeness (QED) is 0.0860. The second kappa shape index (κ2) is 26.3. The number of nitrogens with zero attached hydrogens (tertiary/aromatic N) is 1. The van der Waals surface area contributed by atoms with Crippen LogP contribution in [0.2, 0.25) is 0 Å². The molecule has 0 bridgehead atoms. The smallest absolute Gasteiger partial charge is 0.330 e. The summed E-state index contributed by atoms with van der Waals surface area (Å²) in [5.41, 5.74) is 0. The lowest BCUT2D eigenvalue weighted by Crippen LogP contribution is -2.32. The molecule has 0 radical (unpaired) electrons. The molecule has 1 N–H and O–H groups in total. The molecular formula is C27H47NO9. The molecule has 0 aliphatic heterocycles. The third kappa shape index (κ3) is 24.7. The Morgan fingerprint density at radius 1 is 0.595 bits per heavy atom. The van der Waals surface area contributed by atoms with Crippen LogP contribution in [0.5, 0.6) is 0 Å². The van der Waals surface area contributed by atoms with Gasteiger partial charge in [-0.15, -0.1) is 0 Å². The van der Waals surface area contributed by atoms with Crippen LogP contribution >= 0.6 is 0 Å². The van der Waals surface area contributed by atoms with Crippen molar-refractivity contribution >= 4 is 23.9 Å². The Morgan fingerprint density at radius 3 is 1.27 bits per heavy atom. The first-order chi connectivity index (χ1) is 17.4. The fourth-order valence-electron chi connectivity index (χ4n) is 3.07. The van der Waals surface area contributed by atoms with Crippen LogP contribution in [-0.2, 0) is 38.1 Å². The van der Waals surface area contributed by atoms with Gasteiger partial charge in [-0.3, -0.25) is 14.5 Å². The second-order valence-electron chi connectivity index (χ2n) is 8.08. The minimum Gasteiger partial charge on any atom is -0.466 e. The number of aliphatic hydroxyl groups excluding tert-OH is 1. The monoisotopic (exact) mass is 529 g/mol. The van der Waals surface area contributed by atoms with E-state index in [4.69, 9.17) is 18.9 Å². The van der Waals surface area contributed by atoms with Gasteiger partial charge in [-0.2, -0.15) is 0 Å². The number of hydrogen-bond donors (Lipinski definition) is 1. The number of ether oxygens (including phenoxy) is 4. The van der Waals surface area contributed by atoms with E-state index in [9.17, 15) is 24.3 Å². The van der Waals surface area contributed by atoms with E-state index in [-0.39, 0.29) is 38.8 Å². The van der Waals surface area contributed by atoms with E-state index < -0.39 is 11.9 Å². The Morgan fingerprint density at radius 2 is 0.946 bits per heavy atom. The molecule has 0 fully saturated rings. The molecule has 214 valence electrons. The van der Waals surface area contributed by atoms with Gasteiger partial charge in [0.05, 0.1) is 45.9 Å². The predicted molar refractivity (Wildman–Crippen MR) is 141 cm³/mol. The van der Waals surface area contributed by atoms with Crippen LogP contribution in [0.3, 0.4) is 0 Å². The first-order valence-electron chi connectivity index (χ1n) is 12.7. The molecule has 0 aromatic heterocycles. The standard InChI is InChI=1S/C26H43NO9.CH4/c1-3-23(29)33-19-9-5-7-11-21-35-25(31)13-15-27(17-18-28)16-14-26(32)36-22-12-8-6-10-20-34-24(30)4-2;/h3-4,28H,1-2,5-22H2;1H4. The lowest BCUT2D eigenvalue weighted by Gasteiger charge is -2.20. The molecule has 0 saturated heterocycles. The van der Waals surface area contributed by atoms with Crippen molar-refractivity contribution in [2.75, 3.05) is 52.7 Å². The zero-order chi connectivity index (χ0) is 26.9. The highest BCUT2D eigenvalue weighted by atomic mass is 16.5. The molecule has 0 saturated carbocycles. The van der Waals surface area contributed by atoms with Crippen molar-refractivity contribution in [1.29, 1.82) is 0 Å². The van der Waals surface area contributed by atoms with Crippen molar-refractivity contribution in [2.24, 2.45) is 0 Å². The Hall–Kier alpha value is -2.72. The molecule has 0 unspecified atom stereocenters. The van der Waals surface area contributed by atoms with Gasteiger partial charge in [0.25, 0.3) is 0 Å². The van der Waals surface area contributed by atoms with Crippen LogP contribution < -0.4 is 0 Å². The van der Waals surface area contributed by atoms with Crippen LogP contribution in [0, 0.1) is 0 Å². The lowest BCUT2D eigenvalue weighted by atomic mass is 10.2. The SMILES string of the molecule is C.C=CC(=O)OCCCCCCOC(=O)CCN(CCO)CCC(=O)OCCCCCCOC(=O)C=C. The van der Waals surface area contributed by atoms with Crippen LogP contribution in [0.15, 0.2) is 25.3 Å². The Balaban J connectivity index is 0. The molecule has 37 heavy (non-hydrogen) atoms. The van der Waals surface area contributed by atoms with Gasteiger partial charge in [0.2, 0.25) is 0 Å². The number of esters is 4. The van der Waals surface area contributed by atoms with Crippen LogP contribution in [-0.4, -0.2) is 86.6 Å². The highest BCUT2D eigenvalue weighted by molar-refractivity contribution is 5.81. The van der Waals surface area contributed by atoms with Crippen LogP contribution in [0.4, 0.5) is 0 Å². The molecule has 0 aliphatic rings. The van der Waals surface area contributed by atoms with E-state index in [1.807, 2.05) is 4.90 Å². The van der Waals surface area contributed by atoms with Gasteiger partial charge in [-0.05, 0) is 51.4 Å². The Bertz CT molecular complexity index is 600. The summed E-state index contributed by atoms with van der Waals surface area (Å²) in [4.78, 5) is 47.6. The van der Waals surface area contributed by atoms with E-state index in [0.29, 0.717) is 46.1 Å². The molecule has 0 amide bonds. The fraction of sp³-hybridized carbons (Fsp3) is 0.704. The second-order valence-corrected chi connectivity index (χ2v) is 8.08. The fourth-order valence-corrected chi connectivity index (χ4v) is 3.07. The Labute approximate surface area is 222 Å². The maximum absolute atomic E-state index is 12.0. The molecular weight excluding hydrogens is 482 g/mol. The van der Waals surface area contributed by atoms with E-state index >= 15 is 0 Å². The summed E-state index contributed by atoms with van der Waals surface area (Å²) in [7, 11) is 0. The van der Waals surface area contributed by atoms with Crippen molar-refractivity contribution in [2.45, 2.75) is 71.6 Å². The molecule has 0 spiro atoms. The highest BCUT2D eigenvalue weighted by Crippen LogP contribution is 2.04. The average Bonchev–Trinajstić information content (AvgIpc) is 2.88. The topological polar surface area (TPSA) is 129 Å². The third-order valence-corrected chi connectivity index (χ3v) is 5.11. The van der Waals surface area contributed by atoms with Gasteiger partial charge in [0, 0.05) is 31.8 Å². The minimum atomic E-state index is -0.426. The van der Waals surface area contributed by atoms with E-state index in [0.717, 1.165) is 63.5 Å². The van der Waals surface area contributed by atoms with Crippen molar-refractivity contribution in [3.63, 3.8) is 0 Å². The summed E-state index contributed by atoms with van der Waals surface area (Å²) in [5.74, 6) is -1.49. The maximum Gasteiger partial charge on any atom is 0.330 e. The Kier molecular flexibility index (Phi) is 25.9. The lowest BCUT2D eigenvalue weighted by molar-refractivity contribution is -0.144. The number of rotatable bonds is 24. The number of hydrogen-bond acceptors (Lipinski definition) is 10. The molecule has 10 nitrogen and oxygen atoms in total. The number of carbonyl (C=O) groups is 4. The predicted octanol–water partition coefficient (Wildman–Crippen LogP) is 3.36. The van der Waals surface area contributed by atoms with Crippen LogP contribution in [0.1, 0.15) is 71.6 Å². The van der Waals surface area contributed by atoms with Crippen molar-refractivity contribution in [1.82, 2.24) is 4.90 Å². The normalized spacial score (nSPS) is 10.2. The molecule has 10 heteroatoms. The highest BCUT2D eigenvalue weighted by Gasteiger charge is 2.12. The molecule has 0 aliphatic carbocycles. The van der Waals surface area contributed by atoms with Gasteiger partial charge in [0.1, 0.15) is 0 Å². The van der Waals surface area contributed by atoms with Crippen molar-refractivity contribution in [3.8, 4) is 0 Å². The molecule has 0 atom stereocenters. The first kappa shape index (κ1) is 36.4.